The van der Waals surface area contributed by atoms with Crippen molar-refractivity contribution < 1.29 is 13.2 Å². The van der Waals surface area contributed by atoms with Crippen LogP contribution in [0.2, 0.25) is 0 Å². The smallest absolute Gasteiger partial charge is 0.224 e. The van der Waals surface area contributed by atoms with E-state index < -0.39 is 10.0 Å². The van der Waals surface area contributed by atoms with E-state index in [-0.39, 0.29) is 17.6 Å². The average molecular weight is 360 g/mol. The summed E-state index contributed by atoms with van der Waals surface area (Å²) in [6, 6.07) is 14.2. The third kappa shape index (κ3) is 4.19. The number of nitrogens with zero attached hydrogens (tertiary/aromatic N) is 1. The number of hydrogen-bond donors (Lipinski definition) is 1. The van der Waals surface area contributed by atoms with Gasteiger partial charge in [0.25, 0.3) is 0 Å². The van der Waals surface area contributed by atoms with Crippen molar-refractivity contribution in [3.05, 3.63) is 48.0 Å². The maximum atomic E-state index is 12.5. The maximum Gasteiger partial charge on any atom is 0.224 e. The minimum Gasteiger partial charge on any atom is -0.352 e. The second-order valence-electron chi connectivity index (χ2n) is 6.50. The number of rotatable bonds is 5. The van der Waals surface area contributed by atoms with Crippen LogP contribution < -0.4 is 5.32 Å². The van der Waals surface area contributed by atoms with Crippen LogP contribution in [-0.2, 0) is 21.4 Å². The van der Waals surface area contributed by atoms with Gasteiger partial charge in [0.05, 0.1) is 11.7 Å². The SMILES string of the molecule is CCS(=O)(=O)N1CCCC(C(=O)NCc2ccc3ccccc3c2)C1. The highest BCUT2D eigenvalue weighted by Crippen LogP contribution is 2.20. The molecule has 1 aliphatic rings. The lowest BCUT2D eigenvalue weighted by Crippen LogP contribution is -2.45. The van der Waals surface area contributed by atoms with Crippen molar-refractivity contribution in [2.45, 2.75) is 26.3 Å². The number of carbonyl (C=O) groups excluding carboxylic acids is 1. The zero-order chi connectivity index (χ0) is 17.9. The lowest BCUT2D eigenvalue weighted by Gasteiger charge is -2.30. The Hall–Kier alpha value is -1.92. The Labute approximate surface area is 149 Å². The summed E-state index contributed by atoms with van der Waals surface area (Å²) in [6.07, 6.45) is 1.46. The summed E-state index contributed by atoms with van der Waals surface area (Å²) < 4.78 is 25.5. The van der Waals surface area contributed by atoms with Gasteiger partial charge in [0.15, 0.2) is 0 Å². The molecule has 0 aliphatic carbocycles. The molecule has 0 spiro atoms. The van der Waals surface area contributed by atoms with E-state index in [9.17, 15) is 13.2 Å². The first-order chi connectivity index (χ1) is 12.0. The first-order valence-electron chi connectivity index (χ1n) is 8.73. The molecule has 5 nitrogen and oxygen atoms in total. The van der Waals surface area contributed by atoms with Crippen molar-refractivity contribution >= 4 is 26.7 Å². The predicted octanol–water partition coefficient (Wildman–Crippen LogP) is 2.52. The molecule has 1 atom stereocenters. The van der Waals surface area contributed by atoms with Crippen LogP contribution in [0.15, 0.2) is 42.5 Å². The minimum absolute atomic E-state index is 0.0656. The Kier molecular flexibility index (Phi) is 5.39. The lowest BCUT2D eigenvalue weighted by molar-refractivity contribution is -0.126. The lowest BCUT2D eigenvalue weighted by atomic mass is 9.98. The molecule has 1 aliphatic heterocycles. The van der Waals surface area contributed by atoms with Crippen LogP contribution in [0.3, 0.4) is 0 Å². The monoisotopic (exact) mass is 360 g/mol. The standard InChI is InChI=1S/C19H24N2O3S/c1-2-25(23,24)21-11-5-8-18(14-21)19(22)20-13-15-9-10-16-6-3-4-7-17(16)12-15/h3-4,6-7,9-10,12,18H,2,5,8,11,13-14H2,1H3,(H,20,22). The summed E-state index contributed by atoms with van der Waals surface area (Å²) >= 11 is 0. The molecule has 25 heavy (non-hydrogen) atoms. The predicted molar refractivity (Wildman–Crippen MR) is 99.6 cm³/mol. The summed E-state index contributed by atoms with van der Waals surface area (Å²) in [4.78, 5) is 12.5. The number of amides is 1. The van der Waals surface area contributed by atoms with E-state index in [1.54, 1.807) is 6.92 Å². The number of nitrogens with one attached hydrogen (secondary N) is 1. The molecule has 1 N–H and O–H groups in total. The van der Waals surface area contributed by atoms with Gasteiger partial charge in [-0.1, -0.05) is 36.4 Å². The number of benzene rings is 2. The van der Waals surface area contributed by atoms with Gasteiger partial charge in [-0.05, 0) is 42.2 Å². The highest BCUT2D eigenvalue weighted by molar-refractivity contribution is 7.89. The number of sulfonamides is 1. The molecule has 0 radical (unpaired) electrons. The van der Waals surface area contributed by atoms with Crippen molar-refractivity contribution in [3.63, 3.8) is 0 Å². The Morgan fingerprint density at radius 1 is 1.20 bits per heavy atom. The summed E-state index contributed by atoms with van der Waals surface area (Å²) in [7, 11) is -3.23. The molecule has 2 aromatic rings. The molecule has 1 amide bonds. The van der Waals surface area contributed by atoms with Crippen LogP contribution in [0.5, 0.6) is 0 Å². The molecule has 1 heterocycles. The quantitative estimate of drug-likeness (QED) is 0.891. The van der Waals surface area contributed by atoms with Gasteiger partial charge in [-0.15, -0.1) is 0 Å². The van der Waals surface area contributed by atoms with Crippen LogP contribution >= 0.6 is 0 Å². The average Bonchev–Trinajstić information content (AvgIpc) is 2.66. The number of piperidine rings is 1. The van der Waals surface area contributed by atoms with E-state index in [2.05, 4.69) is 23.5 Å². The van der Waals surface area contributed by atoms with Gasteiger partial charge in [-0.25, -0.2) is 12.7 Å². The molecule has 0 bridgehead atoms. The second kappa shape index (κ2) is 7.54. The fourth-order valence-electron chi connectivity index (χ4n) is 3.27. The molecule has 0 saturated carbocycles. The first-order valence-corrected chi connectivity index (χ1v) is 10.3. The number of hydrogen-bond acceptors (Lipinski definition) is 3. The van der Waals surface area contributed by atoms with Crippen LogP contribution in [0.25, 0.3) is 10.8 Å². The molecule has 1 fully saturated rings. The number of carbonyl (C=O) groups is 1. The summed E-state index contributed by atoms with van der Waals surface area (Å²) in [5, 5.41) is 5.28. The highest BCUT2D eigenvalue weighted by atomic mass is 32.2. The highest BCUT2D eigenvalue weighted by Gasteiger charge is 2.31. The molecular formula is C19H24N2O3S. The van der Waals surface area contributed by atoms with Crippen LogP contribution in [0.4, 0.5) is 0 Å². The van der Waals surface area contributed by atoms with Gasteiger partial charge in [-0.2, -0.15) is 0 Å². The first kappa shape index (κ1) is 17.9. The van der Waals surface area contributed by atoms with Gasteiger partial charge in [0, 0.05) is 19.6 Å². The van der Waals surface area contributed by atoms with Crippen molar-refractivity contribution in [2.75, 3.05) is 18.8 Å². The van der Waals surface area contributed by atoms with Gasteiger partial charge in [0.2, 0.25) is 15.9 Å². The van der Waals surface area contributed by atoms with Crippen molar-refractivity contribution in [2.24, 2.45) is 5.92 Å². The maximum absolute atomic E-state index is 12.5. The fraction of sp³-hybridized carbons (Fsp3) is 0.421. The van der Waals surface area contributed by atoms with Crippen molar-refractivity contribution in [1.82, 2.24) is 9.62 Å². The van der Waals surface area contributed by atoms with E-state index in [1.807, 2.05) is 24.3 Å². The Balaban J connectivity index is 1.61. The van der Waals surface area contributed by atoms with Gasteiger partial charge in [0.1, 0.15) is 0 Å². The molecule has 3 rings (SSSR count). The van der Waals surface area contributed by atoms with Gasteiger partial charge in [-0.3, -0.25) is 4.79 Å². The normalized spacial score (nSPS) is 19.0. The molecule has 2 aromatic carbocycles. The Morgan fingerprint density at radius 3 is 2.72 bits per heavy atom. The largest absolute Gasteiger partial charge is 0.352 e. The van der Waals surface area contributed by atoms with Gasteiger partial charge < -0.3 is 5.32 Å². The van der Waals surface area contributed by atoms with Crippen molar-refractivity contribution in [3.8, 4) is 0 Å². The third-order valence-corrected chi connectivity index (χ3v) is 6.64. The minimum atomic E-state index is -3.23. The zero-order valence-electron chi connectivity index (χ0n) is 14.4. The zero-order valence-corrected chi connectivity index (χ0v) is 15.3. The Bertz CT molecular complexity index is 864. The van der Waals surface area contributed by atoms with Crippen LogP contribution in [0, 0.1) is 5.92 Å². The van der Waals surface area contributed by atoms with E-state index >= 15 is 0 Å². The summed E-state index contributed by atoms with van der Waals surface area (Å²) in [5.74, 6) is -0.252. The molecule has 1 saturated heterocycles. The van der Waals surface area contributed by atoms with Crippen molar-refractivity contribution in [1.29, 1.82) is 0 Å². The van der Waals surface area contributed by atoms with Gasteiger partial charge >= 0.3 is 0 Å². The van der Waals surface area contributed by atoms with Crippen LogP contribution in [0.1, 0.15) is 25.3 Å². The Morgan fingerprint density at radius 2 is 1.96 bits per heavy atom. The van der Waals surface area contributed by atoms with E-state index in [0.29, 0.717) is 19.6 Å². The van der Waals surface area contributed by atoms with E-state index in [0.717, 1.165) is 23.8 Å². The molecule has 6 heteroatoms. The molecule has 134 valence electrons. The topological polar surface area (TPSA) is 66.5 Å². The van der Waals surface area contributed by atoms with E-state index in [4.69, 9.17) is 0 Å². The molecule has 0 aromatic heterocycles. The summed E-state index contributed by atoms with van der Waals surface area (Å²) in [6.45, 7) is 2.91. The molecule has 1 unspecified atom stereocenters. The second-order valence-corrected chi connectivity index (χ2v) is 8.75. The third-order valence-electron chi connectivity index (χ3n) is 4.79. The van der Waals surface area contributed by atoms with E-state index in [1.165, 1.54) is 9.69 Å². The van der Waals surface area contributed by atoms with Crippen LogP contribution in [-0.4, -0.2) is 37.5 Å². The molecular weight excluding hydrogens is 336 g/mol. The number of fused-ring (bicyclic) bond motifs is 1. The summed E-state index contributed by atoms with van der Waals surface area (Å²) in [5.41, 5.74) is 1.04. The fourth-order valence-corrected chi connectivity index (χ4v) is 4.45.